The maximum Gasteiger partial charge on any atom is 0.207 e. The van der Waals surface area contributed by atoms with Gasteiger partial charge in [0.1, 0.15) is 6.07 Å². The van der Waals surface area contributed by atoms with Crippen molar-refractivity contribution in [2.24, 2.45) is 0 Å². The molecule has 1 saturated heterocycles. The van der Waals surface area contributed by atoms with Gasteiger partial charge in [0.05, 0.1) is 5.69 Å². The van der Waals surface area contributed by atoms with Gasteiger partial charge in [0.25, 0.3) is 0 Å². The molecule has 0 unspecified atom stereocenters. The van der Waals surface area contributed by atoms with Gasteiger partial charge in [-0.3, -0.25) is 0 Å². The first kappa shape index (κ1) is 12.9. The maximum absolute atomic E-state index is 9.25. The fourth-order valence-electron chi connectivity index (χ4n) is 2.41. The first-order chi connectivity index (χ1) is 9.78. The zero-order chi connectivity index (χ0) is 13.9. The normalized spacial score (nSPS) is 15.1. The highest BCUT2D eigenvalue weighted by Crippen LogP contribution is 2.22. The lowest BCUT2D eigenvalue weighted by Crippen LogP contribution is -2.30. The van der Waals surface area contributed by atoms with Crippen LogP contribution in [0.15, 0.2) is 24.3 Å². The van der Waals surface area contributed by atoms with Crippen LogP contribution in [0.1, 0.15) is 25.0 Å². The number of piperidine rings is 1. The summed E-state index contributed by atoms with van der Waals surface area (Å²) in [4.78, 5) is 3.62. The highest BCUT2D eigenvalue weighted by atomic mass is 35.5. The van der Waals surface area contributed by atoms with E-state index in [2.05, 4.69) is 21.2 Å². The first-order valence-electron chi connectivity index (χ1n) is 6.66. The molecule has 1 aromatic carbocycles. The monoisotopic (exact) mass is 287 g/mol. The van der Waals surface area contributed by atoms with E-state index in [9.17, 15) is 5.26 Å². The van der Waals surface area contributed by atoms with Gasteiger partial charge in [0.2, 0.25) is 5.69 Å². The first-order valence-corrected chi connectivity index (χ1v) is 7.04. The molecular weight excluding hydrogens is 274 g/mol. The van der Waals surface area contributed by atoms with Crippen molar-refractivity contribution >= 4 is 17.4 Å². The summed E-state index contributed by atoms with van der Waals surface area (Å²) in [7, 11) is 0. The predicted octanol–water partition coefficient (Wildman–Crippen LogP) is 2.78. The number of hydrogen-bond acceptors (Lipinski definition) is 4. The lowest BCUT2D eigenvalue weighted by atomic mass is 10.1. The molecule has 6 heteroatoms. The van der Waals surface area contributed by atoms with Crippen LogP contribution in [0.3, 0.4) is 0 Å². The van der Waals surface area contributed by atoms with E-state index >= 15 is 0 Å². The van der Waals surface area contributed by atoms with Crippen LogP contribution in [0.5, 0.6) is 0 Å². The Balaban J connectivity index is 1.98. The fourth-order valence-corrected chi connectivity index (χ4v) is 2.59. The van der Waals surface area contributed by atoms with Crippen molar-refractivity contribution < 1.29 is 0 Å². The van der Waals surface area contributed by atoms with Crippen LogP contribution < -0.4 is 4.90 Å². The van der Waals surface area contributed by atoms with Crippen LogP contribution >= 0.6 is 11.6 Å². The molecule has 0 amide bonds. The zero-order valence-electron chi connectivity index (χ0n) is 11.0. The summed E-state index contributed by atoms with van der Waals surface area (Å²) in [5, 5.41) is 18.6. The van der Waals surface area contributed by atoms with Crippen molar-refractivity contribution in [3.63, 3.8) is 0 Å². The Hall–Kier alpha value is -2.06. The third kappa shape index (κ3) is 2.47. The molecule has 0 bridgehead atoms. The van der Waals surface area contributed by atoms with Crippen molar-refractivity contribution in [2.45, 2.75) is 19.3 Å². The minimum absolute atomic E-state index is 0.367. The fraction of sp³-hybridized carbons (Fsp3) is 0.357. The lowest BCUT2D eigenvalue weighted by molar-refractivity contribution is 0.571. The highest BCUT2D eigenvalue weighted by molar-refractivity contribution is 6.30. The number of anilines is 1. The van der Waals surface area contributed by atoms with Gasteiger partial charge in [0, 0.05) is 18.1 Å². The van der Waals surface area contributed by atoms with Crippen LogP contribution in [-0.2, 0) is 0 Å². The molecule has 2 heterocycles. The third-order valence-corrected chi connectivity index (χ3v) is 3.63. The number of nitrogens with zero attached hydrogens (tertiary/aromatic N) is 5. The van der Waals surface area contributed by atoms with Gasteiger partial charge < -0.3 is 4.90 Å². The SMILES string of the molecule is N#Cc1nn(-c2cccc(Cl)c2)nc1N1CCCCC1. The number of halogens is 1. The molecule has 20 heavy (non-hydrogen) atoms. The standard InChI is InChI=1S/C14H14ClN5/c15-11-5-4-6-12(9-11)20-17-13(10-16)14(18-20)19-7-2-1-3-8-19/h4-6,9H,1-3,7-8H2. The highest BCUT2D eigenvalue weighted by Gasteiger charge is 2.20. The molecule has 2 aromatic rings. The number of benzene rings is 1. The zero-order valence-corrected chi connectivity index (χ0v) is 11.7. The van der Waals surface area contributed by atoms with Gasteiger partial charge in [-0.1, -0.05) is 17.7 Å². The molecular formula is C14H14ClN5. The van der Waals surface area contributed by atoms with Gasteiger partial charge in [-0.15, -0.1) is 15.0 Å². The molecule has 0 atom stereocenters. The molecule has 1 aromatic heterocycles. The van der Waals surface area contributed by atoms with Gasteiger partial charge in [0.15, 0.2) is 5.82 Å². The van der Waals surface area contributed by atoms with Crippen LogP contribution in [-0.4, -0.2) is 28.1 Å². The van der Waals surface area contributed by atoms with Crippen molar-refractivity contribution in [3.05, 3.63) is 35.0 Å². The summed E-state index contributed by atoms with van der Waals surface area (Å²) in [5.74, 6) is 0.673. The van der Waals surface area contributed by atoms with E-state index < -0.39 is 0 Å². The Morgan fingerprint density at radius 1 is 1.15 bits per heavy atom. The number of nitriles is 1. The Morgan fingerprint density at radius 3 is 2.65 bits per heavy atom. The third-order valence-electron chi connectivity index (χ3n) is 3.40. The van der Waals surface area contributed by atoms with E-state index in [1.54, 1.807) is 12.1 Å². The van der Waals surface area contributed by atoms with Crippen molar-refractivity contribution in [3.8, 4) is 11.8 Å². The summed E-state index contributed by atoms with van der Waals surface area (Å²) in [6.07, 6.45) is 3.50. The molecule has 1 aliphatic rings. The van der Waals surface area contributed by atoms with Crippen molar-refractivity contribution in [2.75, 3.05) is 18.0 Å². The molecule has 0 aliphatic carbocycles. The molecule has 0 N–H and O–H groups in total. The summed E-state index contributed by atoms with van der Waals surface area (Å²) in [6.45, 7) is 1.87. The maximum atomic E-state index is 9.25. The Kier molecular flexibility index (Phi) is 3.57. The second-order valence-electron chi connectivity index (χ2n) is 4.80. The lowest BCUT2D eigenvalue weighted by Gasteiger charge is -2.26. The second kappa shape index (κ2) is 5.51. The Labute approximate surface area is 122 Å². The Morgan fingerprint density at radius 2 is 1.95 bits per heavy atom. The topological polar surface area (TPSA) is 57.7 Å². The largest absolute Gasteiger partial charge is 0.353 e. The number of rotatable bonds is 2. The summed E-state index contributed by atoms with van der Waals surface area (Å²) < 4.78 is 0. The van der Waals surface area contributed by atoms with Gasteiger partial charge >= 0.3 is 0 Å². The molecule has 1 fully saturated rings. The predicted molar refractivity (Wildman–Crippen MR) is 77.1 cm³/mol. The van der Waals surface area contributed by atoms with E-state index in [0.29, 0.717) is 16.5 Å². The van der Waals surface area contributed by atoms with Crippen LogP contribution in [0, 0.1) is 11.3 Å². The molecule has 102 valence electrons. The summed E-state index contributed by atoms with van der Waals surface area (Å²) in [6, 6.07) is 9.41. The minimum atomic E-state index is 0.367. The average Bonchev–Trinajstić information content (AvgIpc) is 2.92. The molecule has 1 aliphatic heterocycles. The van der Waals surface area contributed by atoms with E-state index in [4.69, 9.17) is 11.6 Å². The Bertz CT molecular complexity index is 652. The molecule has 0 spiro atoms. The van der Waals surface area contributed by atoms with Gasteiger partial charge in [-0.05, 0) is 37.5 Å². The molecule has 5 nitrogen and oxygen atoms in total. The van der Waals surface area contributed by atoms with E-state index in [-0.39, 0.29) is 0 Å². The molecule has 3 rings (SSSR count). The summed E-state index contributed by atoms with van der Waals surface area (Å²) >= 11 is 5.98. The van der Waals surface area contributed by atoms with Crippen LogP contribution in [0.25, 0.3) is 5.69 Å². The quantitative estimate of drug-likeness (QED) is 0.852. The number of hydrogen-bond donors (Lipinski definition) is 0. The second-order valence-corrected chi connectivity index (χ2v) is 5.24. The smallest absolute Gasteiger partial charge is 0.207 e. The van der Waals surface area contributed by atoms with E-state index in [1.165, 1.54) is 11.2 Å². The van der Waals surface area contributed by atoms with Crippen LogP contribution in [0.2, 0.25) is 5.02 Å². The minimum Gasteiger partial charge on any atom is -0.353 e. The van der Waals surface area contributed by atoms with Gasteiger partial charge in [-0.25, -0.2) is 0 Å². The molecule has 0 saturated carbocycles. The summed E-state index contributed by atoms with van der Waals surface area (Å²) in [5.41, 5.74) is 1.13. The average molecular weight is 288 g/mol. The van der Waals surface area contributed by atoms with Crippen molar-refractivity contribution in [1.29, 1.82) is 5.26 Å². The molecule has 0 radical (unpaired) electrons. The van der Waals surface area contributed by atoms with Gasteiger partial charge in [-0.2, -0.15) is 5.26 Å². The van der Waals surface area contributed by atoms with Crippen LogP contribution in [0.4, 0.5) is 5.82 Å². The van der Waals surface area contributed by atoms with E-state index in [0.717, 1.165) is 31.6 Å². The van der Waals surface area contributed by atoms with Crippen molar-refractivity contribution in [1.82, 2.24) is 15.0 Å². The van der Waals surface area contributed by atoms with E-state index in [1.807, 2.05) is 12.1 Å². The number of aromatic nitrogens is 3.